The van der Waals surface area contributed by atoms with Gasteiger partial charge < -0.3 is 19.1 Å². The number of amides is 1. The Kier molecular flexibility index (Phi) is 8.60. The zero-order chi connectivity index (χ0) is 24.5. The van der Waals surface area contributed by atoms with Gasteiger partial charge >= 0.3 is 5.97 Å². The molecule has 1 unspecified atom stereocenters. The molecule has 8 nitrogen and oxygen atoms in total. The third-order valence-corrected chi connectivity index (χ3v) is 5.88. The molecule has 1 atom stereocenters. The van der Waals surface area contributed by atoms with Crippen LogP contribution < -0.4 is 14.4 Å². The molecule has 0 aliphatic heterocycles. The highest BCUT2D eigenvalue weighted by atomic mass is 32.1. The van der Waals surface area contributed by atoms with E-state index in [4.69, 9.17) is 19.5 Å². The lowest BCUT2D eigenvalue weighted by atomic mass is 10.2. The first-order valence-electron chi connectivity index (χ1n) is 10.6. The first-order chi connectivity index (χ1) is 16.5. The summed E-state index contributed by atoms with van der Waals surface area (Å²) in [7, 11) is 3.13. The van der Waals surface area contributed by atoms with Crippen LogP contribution >= 0.6 is 11.3 Å². The molecule has 0 fully saturated rings. The van der Waals surface area contributed by atoms with Crippen molar-refractivity contribution in [1.29, 1.82) is 5.26 Å². The molecule has 1 aromatic heterocycles. The zero-order valence-corrected chi connectivity index (χ0v) is 20.0. The highest BCUT2D eigenvalue weighted by Crippen LogP contribution is 2.33. The lowest BCUT2D eigenvalue weighted by Crippen LogP contribution is -2.40. The van der Waals surface area contributed by atoms with Gasteiger partial charge in [-0.15, -0.1) is 11.3 Å². The Hall–Kier alpha value is -3.90. The normalized spacial score (nSPS) is 11.2. The number of anilines is 1. The number of rotatable bonds is 10. The Bertz CT molecular complexity index is 1170. The fourth-order valence-corrected chi connectivity index (χ4v) is 4.10. The Balaban J connectivity index is 1.65. The monoisotopic (exact) mass is 479 g/mol. The van der Waals surface area contributed by atoms with Crippen molar-refractivity contribution in [2.24, 2.45) is 0 Å². The van der Waals surface area contributed by atoms with Crippen molar-refractivity contribution in [3.8, 4) is 28.1 Å². The molecule has 0 spiro atoms. The Morgan fingerprint density at radius 1 is 1.12 bits per heavy atom. The number of thiazole rings is 1. The summed E-state index contributed by atoms with van der Waals surface area (Å²) >= 11 is 1.39. The number of hydrogen-bond acceptors (Lipinski definition) is 8. The largest absolute Gasteiger partial charge is 0.493 e. The SMILES string of the molecule is COc1ccc(-c2nc(CC(=O)OC(C)C(=O)N(CCC#N)c3ccccc3)cs2)cc1OC. The number of nitrogens with zero attached hydrogens (tertiary/aromatic N) is 3. The lowest BCUT2D eigenvalue weighted by molar-refractivity contribution is -0.153. The van der Waals surface area contributed by atoms with Crippen molar-refractivity contribution < 1.29 is 23.8 Å². The third kappa shape index (κ3) is 6.11. The molecular formula is C25H25N3O5S. The van der Waals surface area contributed by atoms with Gasteiger partial charge in [-0.25, -0.2) is 4.98 Å². The predicted octanol–water partition coefficient (Wildman–Crippen LogP) is 4.25. The van der Waals surface area contributed by atoms with Crippen molar-refractivity contribution in [1.82, 2.24) is 4.98 Å². The molecule has 3 rings (SSSR count). The third-order valence-electron chi connectivity index (χ3n) is 4.94. The van der Waals surface area contributed by atoms with Crippen LogP contribution in [0.5, 0.6) is 11.5 Å². The molecule has 0 saturated carbocycles. The van der Waals surface area contributed by atoms with Crippen LogP contribution in [0.1, 0.15) is 19.0 Å². The van der Waals surface area contributed by atoms with Gasteiger partial charge in [0.25, 0.3) is 5.91 Å². The Labute approximate surface area is 202 Å². The fourth-order valence-electron chi connectivity index (χ4n) is 3.28. The summed E-state index contributed by atoms with van der Waals surface area (Å²) in [4.78, 5) is 31.4. The van der Waals surface area contributed by atoms with E-state index in [1.165, 1.54) is 23.2 Å². The van der Waals surface area contributed by atoms with Gasteiger partial charge in [0.2, 0.25) is 0 Å². The molecule has 2 aromatic carbocycles. The first-order valence-corrected chi connectivity index (χ1v) is 11.4. The summed E-state index contributed by atoms with van der Waals surface area (Å²) in [5.74, 6) is 0.254. The van der Waals surface area contributed by atoms with Crippen LogP contribution in [0.2, 0.25) is 0 Å². The number of para-hydroxylation sites is 1. The number of benzene rings is 2. The number of esters is 1. The van der Waals surface area contributed by atoms with E-state index in [1.807, 2.05) is 24.3 Å². The van der Waals surface area contributed by atoms with E-state index in [9.17, 15) is 9.59 Å². The maximum atomic E-state index is 12.9. The van der Waals surface area contributed by atoms with Gasteiger partial charge in [-0.2, -0.15) is 5.26 Å². The Morgan fingerprint density at radius 2 is 1.85 bits per heavy atom. The van der Waals surface area contributed by atoms with Crippen LogP contribution in [0, 0.1) is 11.3 Å². The van der Waals surface area contributed by atoms with Gasteiger partial charge in [0, 0.05) is 23.2 Å². The summed E-state index contributed by atoms with van der Waals surface area (Å²) in [5.41, 5.74) is 2.02. The van der Waals surface area contributed by atoms with Crippen molar-refractivity contribution in [2.75, 3.05) is 25.7 Å². The van der Waals surface area contributed by atoms with Gasteiger partial charge in [0.05, 0.1) is 38.8 Å². The molecule has 0 radical (unpaired) electrons. The van der Waals surface area contributed by atoms with Crippen LogP contribution in [0.3, 0.4) is 0 Å². The molecule has 0 saturated heterocycles. The molecule has 9 heteroatoms. The molecular weight excluding hydrogens is 454 g/mol. The molecule has 1 amide bonds. The highest BCUT2D eigenvalue weighted by Gasteiger charge is 2.25. The topological polar surface area (TPSA) is 102 Å². The molecule has 176 valence electrons. The standard InChI is InChI=1S/C25H25N3O5S/c1-17(25(30)28(13-7-12-26)20-8-5-4-6-9-20)33-23(29)15-19-16-34-24(27-19)18-10-11-21(31-2)22(14-18)32-3/h4-6,8-11,14,16-17H,7,13,15H2,1-3H3. The van der Waals surface area contributed by atoms with E-state index >= 15 is 0 Å². The van der Waals surface area contributed by atoms with E-state index in [2.05, 4.69) is 4.98 Å². The average Bonchev–Trinajstić information content (AvgIpc) is 3.32. The van der Waals surface area contributed by atoms with Crippen molar-refractivity contribution >= 4 is 28.9 Å². The number of nitriles is 1. The van der Waals surface area contributed by atoms with Crippen molar-refractivity contribution in [2.45, 2.75) is 25.9 Å². The molecule has 0 N–H and O–H groups in total. The zero-order valence-electron chi connectivity index (χ0n) is 19.2. The van der Waals surface area contributed by atoms with E-state index in [1.54, 1.807) is 49.9 Å². The highest BCUT2D eigenvalue weighted by molar-refractivity contribution is 7.13. The number of carbonyl (C=O) groups is 2. The van der Waals surface area contributed by atoms with Crippen LogP contribution in [0.25, 0.3) is 10.6 Å². The van der Waals surface area contributed by atoms with Crippen LogP contribution in [-0.2, 0) is 20.7 Å². The second kappa shape index (κ2) is 11.8. The van der Waals surface area contributed by atoms with E-state index in [0.29, 0.717) is 22.9 Å². The molecule has 0 aliphatic rings. The summed E-state index contributed by atoms with van der Waals surface area (Å²) in [6.07, 6.45) is -0.903. The summed E-state index contributed by atoms with van der Waals surface area (Å²) in [5, 5.41) is 11.4. The van der Waals surface area contributed by atoms with Crippen LogP contribution in [-0.4, -0.2) is 43.7 Å². The number of aromatic nitrogens is 1. The molecule has 1 heterocycles. The minimum Gasteiger partial charge on any atom is -0.493 e. The minimum absolute atomic E-state index is 0.0645. The van der Waals surface area contributed by atoms with Crippen molar-refractivity contribution in [3.05, 3.63) is 59.6 Å². The van der Waals surface area contributed by atoms with Gasteiger partial charge in [0.15, 0.2) is 17.6 Å². The quantitative estimate of drug-likeness (QED) is 0.401. The van der Waals surface area contributed by atoms with E-state index < -0.39 is 12.1 Å². The van der Waals surface area contributed by atoms with Crippen molar-refractivity contribution in [3.63, 3.8) is 0 Å². The summed E-state index contributed by atoms with van der Waals surface area (Å²) in [6, 6.07) is 16.5. The van der Waals surface area contributed by atoms with E-state index in [-0.39, 0.29) is 25.3 Å². The van der Waals surface area contributed by atoms with Gasteiger partial charge in [0.1, 0.15) is 5.01 Å². The van der Waals surface area contributed by atoms with Gasteiger partial charge in [-0.3, -0.25) is 9.59 Å². The second-order valence-electron chi connectivity index (χ2n) is 7.26. The second-order valence-corrected chi connectivity index (χ2v) is 8.11. The van der Waals surface area contributed by atoms with E-state index in [0.717, 1.165) is 10.6 Å². The predicted molar refractivity (Wildman–Crippen MR) is 129 cm³/mol. The lowest BCUT2D eigenvalue weighted by Gasteiger charge is -2.25. The minimum atomic E-state index is -1.00. The maximum Gasteiger partial charge on any atom is 0.312 e. The van der Waals surface area contributed by atoms with Crippen LogP contribution in [0.4, 0.5) is 5.69 Å². The Morgan fingerprint density at radius 3 is 2.53 bits per heavy atom. The molecule has 34 heavy (non-hydrogen) atoms. The summed E-state index contributed by atoms with van der Waals surface area (Å²) < 4.78 is 16.0. The number of carbonyl (C=O) groups excluding carboxylic acids is 2. The number of methoxy groups -OCH3 is 2. The molecule has 0 aliphatic carbocycles. The average molecular weight is 480 g/mol. The summed E-state index contributed by atoms with van der Waals surface area (Å²) in [6.45, 7) is 1.74. The molecule has 0 bridgehead atoms. The van der Waals surface area contributed by atoms with Gasteiger partial charge in [-0.05, 0) is 37.3 Å². The number of ether oxygens (including phenoxy) is 3. The maximum absolute atomic E-state index is 12.9. The molecule has 3 aromatic rings. The fraction of sp³-hybridized carbons (Fsp3) is 0.280. The van der Waals surface area contributed by atoms with Gasteiger partial charge in [-0.1, -0.05) is 18.2 Å². The van der Waals surface area contributed by atoms with Crippen LogP contribution in [0.15, 0.2) is 53.9 Å². The number of hydrogen-bond donors (Lipinski definition) is 0. The smallest absolute Gasteiger partial charge is 0.312 e. The first kappa shape index (κ1) is 24.7.